The molecule has 0 unspecified atom stereocenters. The molecular formula is C16H31N7O. The molecule has 1 fully saturated rings. The van der Waals surface area contributed by atoms with E-state index in [9.17, 15) is 0 Å². The van der Waals surface area contributed by atoms with Gasteiger partial charge in [-0.25, -0.2) is 4.99 Å². The number of hydrogen-bond donors (Lipinski definition) is 2. The fraction of sp³-hybridized carbons (Fsp3) is 0.812. The zero-order valence-corrected chi connectivity index (χ0v) is 15.2. The number of ether oxygens (including phenoxy) is 1. The lowest BCUT2D eigenvalue weighted by Gasteiger charge is -2.26. The number of nitrogens with one attached hydrogen (secondary N) is 2. The minimum atomic E-state index is 0.524. The molecule has 1 saturated heterocycles. The smallest absolute Gasteiger partial charge is 0.191 e. The van der Waals surface area contributed by atoms with Crippen molar-refractivity contribution in [1.82, 2.24) is 30.3 Å². The highest BCUT2D eigenvalue weighted by molar-refractivity contribution is 5.79. The van der Waals surface area contributed by atoms with Crippen LogP contribution in [0.5, 0.6) is 0 Å². The fourth-order valence-electron chi connectivity index (χ4n) is 2.45. The summed E-state index contributed by atoms with van der Waals surface area (Å²) in [4.78, 5) is 7.06. The maximum absolute atomic E-state index is 5.38. The van der Waals surface area contributed by atoms with Gasteiger partial charge in [-0.1, -0.05) is 13.3 Å². The van der Waals surface area contributed by atoms with E-state index in [4.69, 9.17) is 4.74 Å². The third-order valence-corrected chi connectivity index (χ3v) is 4.21. The Morgan fingerprint density at radius 1 is 1.21 bits per heavy atom. The minimum absolute atomic E-state index is 0.524. The third-order valence-electron chi connectivity index (χ3n) is 4.21. The molecule has 1 aliphatic rings. The highest BCUT2D eigenvalue weighted by Crippen LogP contribution is 1.99. The summed E-state index contributed by atoms with van der Waals surface area (Å²) < 4.78 is 7.35. The Morgan fingerprint density at radius 2 is 1.96 bits per heavy atom. The van der Waals surface area contributed by atoms with Crippen molar-refractivity contribution in [1.29, 1.82) is 0 Å². The zero-order chi connectivity index (χ0) is 17.2. The average molecular weight is 337 g/mol. The van der Waals surface area contributed by atoms with E-state index in [2.05, 4.69) is 37.6 Å². The molecule has 0 aliphatic carbocycles. The van der Waals surface area contributed by atoms with E-state index >= 15 is 0 Å². The largest absolute Gasteiger partial charge is 0.379 e. The first-order valence-electron chi connectivity index (χ1n) is 8.88. The Morgan fingerprint density at radius 3 is 2.62 bits per heavy atom. The average Bonchev–Trinajstić information content (AvgIpc) is 2.92. The Balaban J connectivity index is 1.83. The van der Waals surface area contributed by atoms with Crippen LogP contribution >= 0.6 is 0 Å². The van der Waals surface area contributed by atoms with Crippen LogP contribution in [0.25, 0.3) is 0 Å². The molecule has 24 heavy (non-hydrogen) atoms. The molecule has 0 atom stereocenters. The van der Waals surface area contributed by atoms with Crippen LogP contribution in [0.2, 0.25) is 0 Å². The first-order chi connectivity index (χ1) is 11.7. The van der Waals surface area contributed by atoms with Gasteiger partial charge in [-0.2, -0.15) is 0 Å². The molecule has 2 N–H and O–H groups in total. The summed E-state index contributed by atoms with van der Waals surface area (Å²) in [7, 11) is 1.97. The Labute approximate surface area is 144 Å². The molecule has 2 rings (SSSR count). The number of morpholine rings is 1. The predicted molar refractivity (Wildman–Crippen MR) is 95.1 cm³/mol. The lowest BCUT2D eigenvalue weighted by Crippen LogP contribution is -2.44. The lowest BCUT2D eigenvalue weighted by atomic mass is 10.3. The zero-order valence-electron chi connectivity index (χ0n) is 15.2. The number of aryl methyl sites for hydroxylation is 1. The molecule has 0 aromatic carbocycles. The number of nitrogens with zero attached hydrogens (tertiary/aromatic N) is 5. The number of rotatable bonds is 8. The first kappa shape index (κ1) is 18.7. The highest BCUT2D eigenvalue weighted by atomic mass is 16.5. The fourth-order valence-corrected chi connectivity index (χ4v) is 2.45. The molecule has 8 nitrogen and oxygen atoms in total. The van der Waals surface area contributed by atoms with Crippen molar-refractivity contribution in [3.8, 4) is 0 Å². The third kappa shape index (κ3) is 6.09. The number of aromatic nitrogens is 3. The summed E-state index contributed by atoms with van der Waals surface area (Å²) in [6.07, 6.45) is 2.30. The van der Waals surface area contributed by atoms with Gasteiger partial charge in [-0.3, -0.25) is 4.90 Å². The Hall–Kier alpha value is -1.67. The van der Waals surface area contributed by atoms with Gasteiger partial charge in [0.05, 0.1) is 13.2 Å². The van der Waals surface area contributed by atoms with Crippen molar-refractivity contribution in [3.63, 3.8) is 0 Å². The van der Waals surface area contributed by atoms with E-state index in [0.717, 1.165) is 76.4 Å². The maximum atomic E-state index is 5.38. The molecule has 1 aromatic heterocycles. The second-order valence-corrected chi connectivity index (χ2v) is 6.05. The summed E-state index contributed by atoms with van der Waals surface area (Å²) in [5.74, 6) is 2.62. The van der Waals surface area contributed by atoms with Crippen LogP contribution in [-0.4, -0.2) is 71.6 Å². The van der Waals surface area contributed by atoms with Gasteiger partial charge in [0, 0.05) is 39.8 Å². The monoisotopic (exact) mass is 337 g/mol. The van der Waals surface area contributed by atoms with Gasteiger partial charge in [0.2, 0.25) is 0 Å². The molecule has 8 heteroatoms. The molecule has 0 bridgehead atoms. The van der Waals surface area contributed by atoms with Gasteiger partial charge in [0.25, 0.3) is 0 Å². The van der Waals surface area contributed by atoms with Gasteiger partial charge >= 0.3 is 0 Å². The van der Waals surface area contributed by atoms with Crippen molar-refractivity contribution in [2.24, 2.45) is 12.0 Å². The van der Waals surface area contributed by atoms with Crippen molar-refractivity contribution in [2.75, 3.05) is 45.9 Å². The summed E-state index contributed by atoms with van der Waals surface area (Å²) in [6, 6.07) is 0. The molecule has 0 amide bonds. The van der Waals surface area contributed by atoms with E-state index < -0.39 is 0 Å². The van der Waals surface area contributed by atoms with Crippen LogP contribution in [0.3, 0.4) is 0 Å². The van der Waals surface area contributed by atoms with E-state index in [0.29, 0.717) is 6.54 Å². The molecule has 0 spiro atoms. The lowest BCUT2D eigenvalue weighted by molar-refractivity contribution is 0.0389. The summed E-state index contributed by atoms with van der Waals surface area (Å²) in [6.45, 7) is 11.1. The highest BCUT2D eigenvalue weighted by Gasteiger charge is 2.10. The van der Waals surface area contributed by atoms with E-state index in [-0.39, 0.29) is 0 Å². The first-order valence-corrected chi connectivity index (χ1v) is 8.88. The number of unbranched alkanes of at least 4 members (excludes halogenated alkanes) is 1. The summed E-state index contributed by atoms with van der Waals surface area (Å²) in [5, 5.41) is 15.1. The number of guanidine groups is 1. The number of hydrogen-bond acceptors (Lipinski definition) is 5. The van der Waals surface area contributed by atoms with Crippen LogP contribution in [-0.2, 0) is 18.3 Å². The Kier molecular flexibility index (Phi) is 7.97. The van der Waals surface area contributed by atoms with Crippen LogP contribution < -0.4 is 10.6 Å². The molecule has 1 aromatic rings. The normalized spacial score (nSPS) is 16.4. The number of aliphatic imine (C=N–C) groups is 1. The summed E-state index contributed by atoms with van der Waals surface area (Å²) >= 11 is 0. The van der Waals surface area contributed by atoms with E-state index in [1.54, 1.807) is 0 Å². The molecule has 1 aliphatic heterocycles. The molecule has 0 radical (unpaired) electrons. The van der Waals surface area contributed by atoms with Gasteiger partial charge in [0.1, 0.15) is 12.4 Å². The summed E-state index contributed by atoms with van der Waals surface area (Å²) in [5.41, 5.74) is 0. The van der Waals surface area contributed by atoms with Gasteiger partial charge in [0.15, 0.2) is 11.8 Å². The topological polar surface area (TPSA) is 79.6 Å². The predicted octanol–water partition coefficient (Wildman–Crippen LogP) is 0.291. The van der Waals surface area contributed by atoms with Crippen molar-refractivity contribution in [2.45, 2.75) is 33.2 Å². The van der Waals surface area contributed by atoms with E-state index in [1.807, 2.05) is 18.5 Å². The minimum Gasteiger partial charge on any atom is -0.379 e. The SMILES string of the molecule is CCCCNC(=NCc1nnc(C)n1C)NCCN1CCOCC1. The van der Waals surface area contributed by atoms with Gasteiger partial charge < -0.3 is 19.9 Å². The van der Waals surface area contributed by atoms with Crippen LogP contribution in [0, 0.1) is 6.92 Å². The van der Waals surface area contributed by atoms with Gasteiger partial charge in [-0.15, -0.1) is 10.2 Å². The molecule has 0 saturated carbocycles. The van der Waals surface area contributed by atoms with E-state index in [1.165, 1.54) is 0 Å². The van der Waals surface area contributed by atoms with Crippen LogP contribution in [0.15, 0.2) is 4.99 Å². The molecule has 2 heterocycles. The van der Waals surface area contributed by atoms with Gasteiger partial charge in [-0.05, 0) is 13.3 Å². The van der Waals surface area contributed by atoms with Crippen molar-refractivity contribution >= 4 is 5.96 Å². The second-order valence-electron chi connectivity index (χ2n) is 6.05. The van der Waals surface area contributed by atoms with Crippen LogP contribution in [0.4, 0.5) is 0 Å². The maximum Gasteiger partial charge on any atom is 0.191 e. The standard InChI is InChI=1S/C16H31N7O/c1-4-5-6-17-16(18-7-8-23-9-11-24-12-10-23)19-13-15-21-20-14(2)22(15)3/h4-13H2,1-3H3,(H2,17,18,19). The van der Waals surface area contributed by atoms with Crippen molar-refractivity contribution < 1.29 is 4.74 Å². The Bertz CT molecular complexity index is 509. The quantitative estimate of drug-likeness (QED) is 0.403. The second kappa shape index (κ2) is 10.2. The van der Waals surface area contributed by atoms with Crippen molar-refractivity contribution in [3.05, 3.63) is 11.6 Å². The molecular weight excluding hydrogens is 306 g/mol. The molecule has 136 valence electrons. The van der Waals surface area contributed by atoms with Crippen LogP contribution in [0.1, 0.15) is 31.4 Å².